The smallest absolute Gasteiger partial charge is 0.191 e. The zero-order valence-electron chi connectivity index (χ0n) is 17.2. The fourth-order valence-corrected chi connectivity index (χ4v) is 2.82. The van der Waals surface area contributed by atoms with Crippen molar-refractivity contribution in [2.75, 3.05) is 32.8 Å². The molecule has 28 heavy (non-hydrogen) atoms. The van der Waals surface area contributed by atoms with Crippen LogP contribution in [0.3, 0.4) is 0 Å². The van der Waals surface area contributed by atoms with Gasteiger partial charge in [-0.15, -0.1) is 10.2 Å². The minimum absolute atomic E-state index is 0.778. The van der Waals surface area contributed by atoms with Crippen LogP contribution < -0.4 is 10.6 Å². The second kappa shape index (κ2) is 13.7. The average molecular weight is 387 g/mol. The molecule has 0 saturated carbocycles. The molecule has 7 nitrogen and oxygen atoms in total. The van der Waals surface area contributed by atoms with E-state index in [1.165, 1.54) is 5.56 Å². The van der Waals surface area contributed by atoms with E-state index in [9.17, 15) is 0 Å². The van der Waals surface area contributed by atoms with Gasteiger partial charge in [-0.1, -0.05) is 37.3 Å². The zero-order chi connectivity index (χ0) is 19.9. The summed E-state index contributed by atoms with van der Waals surface area (Å²) in [4.78, 5) is 4.64. The molecule has 0 bridgehead atoms. The van der Waals surface area contributed by atoms with Crippen LogP contribution in [0.15, 0.2) is 41.7 Å². The lowest BCUT2D eigenvalue weighted by molar-refractivity contribution is 0.134. The first kappa shape index (κ1) is 21.9. The number of benzene rings is 1. The summed E-state index contributed by atoms with van der Waals surface area (Å²) < 4.78 is 7.80. The third kappa shape index (κ3) is 8.52. The number of guanidine groups is 1. The Morgan fingerprint density at radius 1 is 1.11 bits per heavy atom. The largest absolute Gasteiger partial charge is 0.381 e. The van der Waals surface area contributed by atoms with Gasteiger partial charge in [0.25, 0.3) is 0 Å². The predicted molar refractivity (Wildman–Crippen MR) is 114 cm³/mol. The first-order valence-corrected chi connectivity index (χ1v) is 10.3. The number of nitrogens with zero attached hydrogens (tertiary/aromatic N) is 4. The minimum Gasteiger partial charge on any atom is -0.381 e. The van der Waals surface area contributed by atoms with Crippen LogP contribution in [0.4, 0.5) is 0 Å². The van der Waals surface area contributed by atoms with E-state index < -0.39 is 0 Å². The number of unbranched alkanes of at least 4 members (excludes halogenated alkanes) is 1. The summed E-state index contributed by atoms with van der Waals surface area (Å²) in [6.07, 6.45) is 5.69. The quantitative estimate of drug-likeness (QED) is 0.314. The maximum absolute atomic E-state index is 5.73. The van der Waals surface area contributed by atoms with Crippen molar-refractivity contribution in [2.45, 2.75) is 46.1 Å². The lowest BCUT2D eigenvalue weighted by Crippen LogP contribution is -2.39. The van der Waals surface area contributed by atoms with E-state index in [4.69, 9.17) is 4.74 Å². The van der Waals surface area contributed by atoms with E-state index in [2.05, 4.69) is 68.5 Å². The third-order valence-corrected chi connectivity index (χ3v) is 4.35. The summed E-state index contributed by atoms with van der Waals surface area (Å²) >= 11 is 0. The number of rotatable bonds is 13. The van der Waals surface area contributed by atoms with E-state index in [-0.39, 0.29) is 0 Å². The molecule has 1 aromatic heterocycles. The molecule has 154 valence electrons. The molecule has 2 N–H and O–H groups in total. The molecule has 1 heterocycles. The van der Waals surface area contributed by atoms with Gasteiger partial charge in [-0.25, -0.2) is 0 Å². The third-order valence-electron chi connectivity index (χ3n) is 4.35. The SMILES string of the molecule is CCNC(=NCCCCOCCc1ccccc1)NCCn1cnnc1CC. The standard InChI is InChI=1S/C21H34N6O/c1-3-20-26-25-18-27(20)15-14-24-21(22-4-2)23-13-8-9-16-28-17-12-19-10-6-5-7-11-19/h5-7,10-11,18H,3-4,8-9,12-17H2,1-2H3,(H2,22,23,24). The number of aliphatic imine (C=N–C) groups is 1. The summed E-state index contributed by atoms with van der Waals surface area (Å²) in [5, 5.41) is 14.7. The Labute approximate surface area is 168 Å². The van der Waals surface area contributed by atoms with Crippen LogP contribution in [0.25, 0.3) is 0 Å². The van der Waals surface area contributed by atoms with Crippen molar-refractivity contribution in [3.63, 3.8) is 0 Å². The molecule has 0 radical (unpaired) electrons. The molecule has 0 aliphatic rings. The van der Waals surface area contributed by atoms with Crippen LogP contribution in [-0.4, -0.2) is 53.6 Å². The van der Waals surface area contributed by atoms with Crippen LogP contribution in [0.1, 0.15) is 38.1 Å². The highest BCUT2D eigenvalue weighted by molar-refractivity contribution is 5.79. The molecule has 2 rings (SSSR count). The van der Waals surface area contributed by atoms with Gasteiger partial charge in [0.2, 0.25) is 0 Å². The van der Waals surface area contributed by atoms with Crippen LogP contribution in [0, 0.1) is 0 Å². The summed E-state index contributed by atoms with van der Waals surface area (Å²) in [5.74, 6) is 1.87. The zero-order valence-corrected chi connectivity index (χ0v) is 17.2. The highest BCUT2D eigenvalue weighted by Gasteiger charge is 2.02. The number of aromatic nitrogens is 3. The normalized spacial score (nSPS) is 11.6. The number of hydrogen-bond acceptors (Lipinski definition) is 4. The molecule has 0 aliphatic heterocycles. The predicted octanol–water partition coefficient (Wildman–Crippen LogP) is 2.44. The van der Waals surface area contributed by atoms with Gasteiger partial charge < -0.3 is 19.9 Å². The summed E-state index contributed by atoms with van der Waals surface area (Å²) in [6.45, 7) is 9.00. The number of hydrogen-bond donors (Lipinski definition) is 2. The topological polar surface area (TPSA) is 76.4 Å². The Kier molecular flexibility index (Phi) is 10.7. The fraction of sp³-hybridized carbons (Fsp3) is 0.571. The van der Waals surface area contributed by atoms with Gasteiger partial charge in [0, 0.05) is 39.2 Å². The molecule has 0 spiro atoms. The Hall–Kier alpha value is -2.41. The van der Waals surface area contributed by atoms with Crippen molar-refractivity contribution >= 4 is 5.96 Å². The maximum atomic E-state index is 5.73. The molecule has 2 aromatic rings. The van der Waals surface area contributed by atoms with Gasteiger partial charge in [-0.2, -0.15) is 0 Å². The number of aryl methyl sites for hydroxylation is 1. The number of nitrogens with one attached hydrogen (secondary N) is 2. The molecule has 7 heteroatoms. The molecule has 0 amide bonds. The highest BCUT2D eigenvalue weighted by Crippen LogP contribution is 2.00. The Bertz CT molecular complexity index is 671. The molecular weight excluding hydrogens is 352 g/mol. The van der Waals surface area contributed by atoms with Crippen molar-refractivity contribution in [3.05, 3.63) is 48.0 Å². The molecule has 0 unspecified atom stereocenters. The van der Waals surface area contributed by atoms with E-state index in [1.54, 1.807) is 6.33 Å². The Morgan fingerprint density at radius 2 is 1.96 bits per heavy atom. The second-order valence-corrected chi connectivity index (χ2v) is 6.54. The molecule has 1 aromatic carbocycles. The number of ether oxygens (including phenoxy) is 1. The Morgan fingerprint density at radius 3 is 2.75 bits per heavy atom. The monoisotopic (exact) mass is 386 g/mol. The van der Waals surface area contributed by atoms with Gasteiger partial charge in [-0.05, 0) is 31.7 Å². The summed E-state index contributed by atoms with van der Waals surface area (Å²) in [6, 6.07) is 10.5. The van der Waals surface area contributed by atoms with Crippen molar-refractivity contribution in [1.29, 1.82) is 0 Å². The van der Waals surface area contributed by atoms with Crippen LogP contribution in [-0.2, 0) is 24.1 Å². The van der Waals surface area contributed by atoms with Crippen molar-refractivity contribution < 1.29 is 4.74 Å². The van der Waals surface area contributed by atoms with Gasteiger partial charge in [-0.3, -0.25) is 4.99 Å². The molecule has 0 atom stereocenters. The Balaban J connectivity index is 1.56. The van der Waals surface area contributed by atoms with E-state index in [0.29, 0.717) is 0 Å². The van der Waals surface area contributed by atoms with Gasteiger partial charge in [0.05, 0.1) is 6.61 Å². The molecule has 0 aliphatic carbocycles. The van der Waals surface area contributed by atoms with Crippen molar-refractivity contribution in [2.24, 2.45) is 4.99 Å². The highest BCUT2D eigenvalue weighted by atomic mass is 16.5. The maximum Gasteiger partial charge on any atom is 0.191 e. The van der Waals surface area contributed by atoms with Crippen LogP contribution in [0.5, 0.6) is 0 Å². The van der Waals surface area contributed by atoms with Crippen molar-refractivity contribution in [1.82, 2.24) is 25.4 Å². The molecule has 0 saturated heterocycles. The fourth-order valence-electron chi connectivity index (χ4n) is 2.82. The van der Waals surface area contributed by atoms with Crippen molar-refractivity contribution in [3.8, 4) is 0 Å². The average Bonchev–Trinajstić information content (AvgIpc) is 3.18. The van der Waals surface area contributed by atoms with E-state index in [1.807, 2.05) is 6.07 Å². The van der Waals surface area contributed by atoms with Gasteiger partial charge >= 0.3 is 0 Å². The first-order valence-electron chi connectivity index (χ1n) is 10.3. The summed E-state index contributed by atoms with van der Waals surface area (Å²) in [7, 11) is 0. The van der Waals surface area contributed by atoms with Crippen LogP contribution in [0.2, 0.25) is 0 Å². The van der Waals surface area contributed by atoms with E-state index in [0.717, 1.165) is 76.9 Å². The molecular formula is C21H34N6O. The lowest BCUT2D eigenvalue weighted by atomic mass is 10.2. The van der Waals surface area contributed by atoms with Gasteiger partial charge in [0.15, 0.2) is 5.96 Å². The lowest BCUT2D eigenvalue weighted by Gasteiger charge is -2.12. The summed E-state index contributed by atoms with van der Waals surface area (Å²) in [5.41, 5.74) is 1.32. The molecule has 0 fully saturated rings. The second-order valence-electron chi connectivity index (χ2n) is 6.54. The minimum atomic E-state index is 0.778. The van der Waals surface area contributed by atoms with Gasteiger partial charge in [0.1, 0.15) is 12.2 Å². The van der Waals surface area contributed by atoms with E-state index >= 15 is 0 Å². The van der Waals surface area contributed by atoms with Crippen LogP contribution >= 0.6 is 0 Å². The first-order chi connectivity index (χ1) is 13.8.